The molecule has 6 nitrogen and oxygen atoms in total. The molecule has 1 aliphatic carbocycles. The highest BCUT2D eigenvalue weighted by Crippen LogP contribution is 2.38. The second kappa shape index (κ2) is 7.23. The Labute approximate surface area is 155 Å². The fourth-order valence-corrected chi connectivity index (χ4v) is 3.85. The number of rotatable bonds is 4. The number of benzene rings is 1. The molecular formula is C18H20ClFN2O4. The van der Waals surface area contributed by atoms with E-state index in [1.165, 1.54) is 18.2 Å². The number of amides is 3. The monoisotopic (exact) mass is 382 g/mol. The van der Waals surface area contributed by atoms with Crippen LogP contribution in [0.5, 0.6) is 0 Å². The molecule has 1 spiro atoms. The van der Waals surface area contributed by atoms with E-state index in [4.69, 9.17) is 16.3 Å². The molecule has 1 saturated carbocycles. The van der Waals surface area contributed by atoms with Gasteiger partial charge in [0.05, 0.1) is 5.02 Å². The number of urea groups is 1. The number of halogens is 2. The quantitative estimate of drug-likeness (QED) is 0.641. The number of ether oxygens (including phenoxy) is 1. The number of imide groups is 1. The number of nitrogens with one attached hydrogen (secondary N) is 1. The van der Waals surface area contributed by atoms with Gasteiger partial charge in [-0.1, -0.05) is 37.4 Å². The smallest absolute Gasteiger partial charge is 0.326 e. The second-order valence-electron chi connectivity index (χ2n) is 6.80. The molecule has 2 fully saturated rings. The van der Waals surface area contributed by atoms with Gasteiger partial charge in [-0.05, 0) is 30.9 Å². The minimum atomic E-state index is -0.926. The summed E-state index contributed by atoms with van der Waals surface area (Å²) in [6.07, 6.45) is 3.27. The van der Waals surface area contributed by atoms with E-state index in [0.29, 0.717) is 6.42 Å². The van der Waals surface area contributed by atoms with Gasteiger partial charge in [-0.15, -0.1) is 0 Å². The zero-order chi connectivity index (χ0) is 18.9. The van der Waals surface area contributed by atoms with Gasteiger partial charge in [0.1, 0.15) is 24.5 Å². The summed E-state index contributed by atoms with van der Waals surface area (Å²) in [6, 6.07) is 3.55. The van der Waals surface area contributed by atoms with Crippen molar-refractivity contribution in [3.05, 3.63) is 34.6 Å². The molecule has 1 aromatic carbocycles. The molecule has 0 aromatic heterocycles. The largest absolute Gasteiger partial charge is 0.459 e. The first-order chi connectivity index (χ1) is 12.3. The maximum Gasteiger partial charge on any atom is 0.326 e. The van der Waals surface area contributed by atoms with E-state index < -0.39 is 35.8 Å². The summed E-state index contributed by atoms with van der Waals surface area (Å²) in [7, 11) is 0. The van der Waals surface area contributed by atoms with Crippen LogP contribution in [-0.2, 0) is 20.9 Å². The first-order valence-electron chi connectivity index (χ1n) is 8.58. The van der Waals surface area contributed by atoms with Crippen molar-refractivity contribution in [1.29, 1.82) is 0 Å². The molecule has 2 aliphatic rings. The minimum Gasteiger partial charge on any atom is -0.459 e. The molecule has 1 aliphatic heterocycles. The summed E-state index contributed by atoms with van der Waals surface area (Å²) in [6.45, 7) is 1.06. The van der Waals surface area contributed by atoms with Crippen LogP contribution in [0.15, 0.2) is 18.2 Å². The first-order valence-corrected chi connectivity index (χ1v) is 8.95. The molecule has 26 heavy (non-hydrogen) atoms. The minimum absolute atomic E-state index is 0.00550. The first kappa shape index (κ1) is 18.6. The van der Waals surface area contributed by atoms with Crippen molar-refractivity contribution in [3.8, 4) is 0 Å². The third-order valence-electron chi connectivity index (χ3n) is 5.23. The Morgan fingerprint density at radius 2 is 2.19 bits per heavy atom. The van der Waals surface area contributed by atoms with Crippen LogP contribution in [0.25, 0.3) is 0 Å². The zero-order valence-electron chi connectivity index (χ0n) is 14.4. The molecule has 0 radical (unpaired) electrons. The number of carbonyl (C=O) groups is 3. The molecule has 3 amide bonds. The lowest BCUT2D eigenvalue weighted by molar-refractivity contribution is -0.149. The number of hydrogen-bond acceptors (Lipinski definition) is 4. The molecule has 3 rings (SSSR count). The Balaban J connectivity index is 1.64. The predicted molar refractivity (Wildman–Crippen MR) is 91.8 cm³/mol. The van der Waals surface area contributed by atoms with Gasteiger partial charge in [-0.25, -0.2) is 9.18 Å². The third-order valence-corrected chi connectivity index (χ3v) is 5.58. The van der Waals surface area contributed by atoms with Crippen LogP contribution < -0.4 is 5.32 Å². The lowest BCUT2D eigenvalue weighted by Gasteiger charge is -2.36. The molecule has 2 atom stereocenters. The van der Waals surface area contributed by atoms with Crippen LogP contribution in [0.2, 0.25) is 5.02 Å². The highest BCUT2D eigenvalue weighted by Gasteiger charge is 2.55. The lowest BCUT2D eigenvalue weighted by Crippen LogP contribution is -2.54. The van der Waals surface area contributed by atoms with Gasteiger partial charge in [0.15, 0.2) is 0 Å². The summed E-state index contributed by atoms with van der Waals surface area (Å²) in [5.74, 6) is -1.77. The standard InChI is InChI=1S/C18H20ClFN2O4/c1-11-5-2-3-8-18(11)16(24)22(17(25)21-18)9-15(23)26-10-12-13(19)6-4-7-14(12)20/h4,6-7,11H,2-3,5,8-10H2,1H3,(H,21,25)/t11-,18-/m1/s1. The third kappa shape index (κ3) is 3.28. The molecule has 0 unspecified atom stereocenters. The molecule has 1 N–H and O–H groups in total. The fourth-order valence-electron chi connectivity index (χ4n) is 3.64. The Morgan fingerprint density at radius 1 is 1.42 bits per heavy atom. The average molecular weight is 383 g/mol. The molecule has 1 aromatic rings. The predicted octanol–water partition coefficient (Wildman–Crippen LogP) is 3.02. The molecule has 8 heteroatoms. The highest BCUT2D eigenvalue weighted by molar-refractivity contribution is 6.31. The van der Waals surface area contributed by atoms with E-state index in [1.807, 2.05) is 6.92 Å². The van der Waals surface area contributed by atoms with Crippen molar-refractivity contribution >= 4 is 29.5 Å². The Hall–Kier alpha value is -2.15. The lowest BCUT2D eigenvalue weighted by atomic mass is 9.73. The van der Waals surface area contributed by atoms with E-state index in [0.717, 1.165) is 24.2 Å². The number of carbonyl (C=O) groups excluding carboxylic acids is 3. The maximum atomic E-state index is 13.7. The fraction of sp³-hybridized carbons (Fsp3) is 0.500. The van der Waals surface area contributed by atoms with Crippen LogP contribution in [0.3, 0.4) is 0 Å². The van der Waals surface area contributed by atoms with Crippen LogP contribution in [-0.4, -0.2) is 34.9 Å². The molecule has 1 heterocycles. The van der Waals surface area contributed by atoms with Crippen molar-refractivity contribution in [2.24, 2.45) is 5.92 Å². The van der Waals surface area contributed by atoms with Crippen molar-refractivity contribution < 1.29 is 23.5 Å². The number of esters is 1. The van der Waals surface area contributed by atoms with Gasteiger partial charge >= 0.3 is 12.0 Å². The van der Waals surface area contributed by atoms with Gasteiger partial charge in [0.25, 0.3) is 5.91 Å². The summed E-state index contributed by atoms with van der Waals surface area (Å²) in [5, 5.41) is 2.91. The van der Waals surface area contributed by atoms with E-state index in [2.05, 4.69) is 5.32 Å². The van der Waals surface area contributed by atoms with Gasteiger partial charge in [-0.3, -0.25) is 14.5 Å². The van der Waals surface area contributed by atoms with Crippen LogP contribution in [0.4, 0.5) is 9.18 Å². The summed E-state index contributed by atoms with van der Waals surface area (Å²) in [5.41, 5.74) is -0.873. The molecule has 140 valence electrons. The van der Waals surface area contributed by atoms with E-state index >= 15 is 0 Å². The molecular weight excluding hydrogens is 363 g/mol. The average Bonchev–Trinajstić information content (AvgIpc) is 2.82. The summed E-state index contributed by atoms with van der Waals surface area (Å²) < 4.78 is 18.7. The van der Waals surface area contributed by atoms with Crippen molar-refractivity contribution in [3.63, 3.8) is 0 Å². The van der Waals surface area contributed by atoms with Gasteiger partial charge in [-0.2, -0.15) is 0 Å². The summed E-state index contributed by atoms with van der Waals surface area (Å²) in [4.78, 5) is 38.0. The van der Waals surface area contributed by atoms with Crippen LogP contribution >= 0.6 is 11.6 Å². The van der Waals surface area contributed by atoms with E-state index in [-0.39, 0.29) is 23.1 Å². The SMILES string of the molecule is C[C@@H]1CCCC[C@@]12NC(=O)N(CC(=O)OCc1c(F)cccc1Cl)C2=O. The van der Waals surface area contributed by atoms with Gasteiger partial charge in [0, 0.05) is 5.56 Å². The van der Waals surface area contributed by atoms with Gasteiger partial charge in [0.2, 0.25) is 0 Å². The van der Waals surface area contributed by atoms with Crippen molar-refractivity contribution in [2.45, 2.75) is 44.8 Å². The van der Waals surface area contributed by atoms with E-state index in [9.17, 15) is 18.8 Å². The summed E-state index contributed by atoms with van der Waals surface area (Å²) >= 11 is 5.88. The Bertz CT molecular complexity index is 736. The molecule has 1 saturated heterocycles. The van der Waals surface area contributed by atoms with E-state index in [1.54, 1.807) is 0 Å². The number of hydrogen-bond donors (Lipinski definition) is 1. The topological polar surface area (TPSA) is 75.7 Å². The maximum absolute atomic E-state index is 13.7. The van der Waals surface area contributed by atoms with Crippen molar-refractivity contribution in [1.82, 2.24) is 10.2 Å². The number of nitrogens with zero attached hydrogens (tertiary/aromatic N) is 1. The van der Waals surface area contributed by atoms with Crippen LogP contribution in [0, 0.1) is 11.7 Å². The second-order valence-corrected chi connectivity index (χ2v) is 7.21. The Morgan fingerprint density at radius 3 is 2.88 bits per heavy atom. The molecule has 0 bridgehead atoms. The van der Waals surface area contributed by atoms with Gasteiger partial charge < -0.3 is 10.1 Å². The van der Waals surface area contributed by atoms with Crippen LogP contribution in [0.1, 0.15) is 38.2 Å². The van der Waals surface area contributed by atoms with Crippen molar-refractivity contribution in [2.75, 3.05) is 6.54 Å². The Kier molecular flexibility index (Phi) is 5.18. The highest BCUT2D eigenvalue weighted by atomic mass is 35.5. The zero-order valence-corrected chi connectivity index (χ0v) is 15.1. The normalized spacial score (nSPS) is 25.5.